The van der Waals surface area contributed by atoms with Crippen LogP contribution < -0.4 is 10.6 Å². The fourth-order valence-corrected chi connectivity index (χ4v) is 3.43. The van der Waals surface area contributed by atoms with Gasteiger partial charge < -0.3 is 19.9 Å². The van der Waals surface area contributed by atoms with Gasteiger partial charge in [0.2, 0.25) is 0 Å². The van der Waals surface area contributed by atoms with Crippen molar-refractivity contribution in [3.05, 3.63) is 11.6 Å². The average molecular weight is 307 g/mol. The molecule has 0 bridgehead atoms. The van der Waals surface area contributed by atoms with E-state index < -0.39 is 0 Å². The Morgan fingerprint density at radius 3 is 2.86 bits per heavy atom. The van der Waals surface area contributed by atoms with E-state index in [0.29, 0.717) is 6.54 Å². The number of nitrogens with one attached hydrogen (secondary N) is 2. The molecule has 2 amide bonds. The van der Waals surface area contributed by atoms with Crippen LogP contribution in [0.3, 0.4) is 0 Å². The Labute approximate surface area is 130 Å². The molecular formula is C15H25N5O2. The van der Waals surface area contributed by atoms with Crippen LogP contribution in [0.5, 0.6) is 0 Å². The van der Waals surface area contributed by atoms with Crippen LogP contribution in [0.15, 0.2) is 0 Å². The van der Waals surface area contributed by atoms with Gasteiger partial charge in [0, 0.05) is 31.5 Å². The Bertz CT molecular complexity index is 582. The van der Waals surface area contributed by atoms with Crippen LogP contribution >= 0.6 is 0 Å². The zero-order valence-corrected chi connectivity index (χ0v) is 13.8. The molecule has 0 aromatic carbocycles. The number of carbonyl (C=O) groups excluding carboxylic acids is 1. The van der Waals surface area contributed by atoms with E-state index in [2.05, 4.69) is 46.2 Å². The molecule has 7 nitrogen and oxygen atoms in total. The summed E-state index contributed by atoms with van der Waals surface area (Å²) < 4.78 is 7.67. The summed E-state index contributed by atoms with van der Waals surface area (Å²) in [5, 5.41) is 14.2. The van der Waals surface area contributed by atoms with Gasteiger partial charge in [-0.15, -0.1) is 10.2 Å². The number of methoxy groups -OCH3 is 1. The van der Waals surface area contributed by atoms with Crippen LogP contribution in [0.2, 0.25) is 0 Å². The highest BCUT2D eigenvalue weighted by Crippen LogP contribution is 2.51. The predicted molar refractivity (Wildman–Crippen MR) is 81.3 cm³/mol. The van der Waals surface area contributed by atoms with E-state index in [0.717, 1.165) is 37.5 Å². The van der Waals surface area contributed by atoms with Crippen molar-refractivity contribution in [2.45, 2.75) is 64.8 Å². The highest BCUT2D eigenvalue weighted by Gasteiger charge is 2.58. The zero-order valence-electron chi connectivity index (χ0n) is 13.8. The molecule has 0 saturated heterocycles. The highest BCUT2D eigenvalue weighted by molar-refractivity contribution is 5.74. The maximum Gasteiger partial charge on any atom is 0.315 e. The molecule has 1 aliphatic heterocycles. The van der Waals surface area contributed by atoms with Crippen molar-refractivity contribution < 1.29 is 9.53 Å². The summed E-state index contributed by atoms with van der Waals surface area (Å²) in [6, 6.07) is -0.0480. The molecule has 22 heavy (non-hydrogen) atoms. The van der Waals surface area contributed by atoms with Crippen molar-refractivity contribution in [1.82, 2.24) is 25.4 Å². The molecule has 3 rings (SSSR count). The minimum Gasteiger partial charge on any atom is -0.378 e. The summed E-state index contributed by atoms with van der Waals surface area (Å²) >= 11 is 0. The number of nitrogens with zero attached hydrogens (tertiary/aromatic N) is 3. The number of ether oxygens (including phenoxy) is 1. The predicted octanol–water partition coefficient (Wildman–Crippen LogP) is 1.23. The van der Waals surface area contributed by atoms with Gasteiger partial charge in [0.05, 0.1) is 12.1 Å². The molecule has 2 heterocycles. The second-order valence-corrected chi connectivity index (χ2v) is 7.03. The van der Waals surface area contributed by atoms with E-state index in [1.807, 2.05) is 0 Å². The van der Waals surface area contributed by atoms with E-state index >= 15 is 0 Å². The first kappa shape index (κ1) is 15.3. The molecule has 0 radical (unpaired) electrons. The summed E-state index contributed by atoms with van der Waals surface area (Å²) in [5.41, 5.74) is -0.270. The van der Waals surface area contributed by atoms with E-state index in [4.69, 9.17) is 4.74 Å². The monoisotopic (exact) mass is 307 g/mol. The molecule has 2 aliphatic rings. The molecule has 122 valence electrons. The molecule has 1 aromatic heterocycles. The number of rotatable bonds is 4. The van der Waals surface area contributed by atoms with E-state index in [1.54, 1.807) is 7.11 Å². The van der Waals surface area contributed by atoms with Crippen LogP contribution in [0.25, 0.3) is 0 Å². The highest BCUT2D eigenvalue weighted by atomic mass is 16.5. The Balaban J connectivity index is 1.51. The number of amides is 2. The Morgan fingerprint density at radius 1 is 1.41 bits per heavy atom. The summed E-state index contributed by atoms with van der Waals surface area (Å²) in [4.78, 5) is 12.1. The summed E-state index contributed by atoms with van der Waals surface area (Å²) in [5.74, 6) is 1.85. The first-order valence-corrected chi connectivity index (χ1v) is 7.88. The van der Waals surface area contributed by atoms with Gasteiger partial charge >= 0.3 is 6.03 Å². The van der Waals surface area contributed by atoms with Gasteiger partial charge in [-0.05, 0) is 19.8 Å². The summed E-state index contributed by atoms with van der Waals surface area (Å²) in [6.07, 6.45) is 2.91. The maximum absolute atomic E-state index is 12.1. The largest absolute Gasteiger partial charge is 0.378 e. The van der Waals surface area contributed by atoms with E-state index in [1.165, 1.54) is 0 Å². The van der Waals surface area contributed by atoms with Crippen LogP contribution in [-0.4, -0.2) is 39.5 Å². The van der Waals surface area contributed by atoms with Gasteiger partial charge in [-0.2, -0.15) is 0 Å². The Kier molecular flexibility index (Phi) is 3.63. The number of aromatic nitrogens is 3. The van der Waals surface area contributed by atoms with Crippen molar-refractivity contribution >= 4 is 6.03 Å². The van der Waals surface area contributed by atoms with Crippen molar-refractivity contribution in [1.29, 1.82) is 0 Å². The quantitative estimate of drug-likeness (QED) is 0.876. The van der Waals surface area contributed by atoms with Gasteiger partial charge in [0.1, 0.15) is 5.82 Å². The second kappa shape index (κ2) is 5.22. The standard InChI is InChI=1S/C15H25N5O2/c1-14(2)10(8-15(14,3)22-4)17-13(21)16-9-12-19-18-11-6-5-7-20(11)12/h10H,5-9H2,1-4H3,(H2,16,17,21)/t10-,15-/m0/s1. The van der Waals surface area contributed by atoms with Crippen LogP contribution in [0, 0.1) is 5.41 Å². The normalized spacial score (nSPS) is 28.8. The Hall–Kier alpha value is -1.63. The number of carbonyl (C=O) groups is 1. The third-order valence-electron chi connectivity index (χ3n) is 5.68. The smallest absolute Gasteiger partial charge is 0.315 e. The van der Waals surface area contributed by atoms with Gasteiger partial charge in [0.25, 0.3) is 0 Å². The summed E-state index contributed by atoms with van der Waals surface area (Å²) in [6.45, 7) is 7.69. The summed E-state index contributed by atoms with van der Waals surface area (Å²) in [7, 11) is 1.73. The van der Waals surface area contributed by atoms with Gasteiger partial charge in [-0.1, -0.05) is 13.8 Å². The zero-order chi connectivity index (χ0) is 16.0. The van der Waals surface area contributed by atoms with Gasteiger partial charge in [-0.25, -0.2) is 4.79 Å². The number of hydrogen-bond acceptors (Lipinski definition) is 4. The lowest BCUT2D eigenvalue weighted by Crippen LogP contribution is -2.69. The molecule has 1 aromatic rings. The third-order valence-corrected chi connectivity index (χ3v) is 5.68. The van der Waals surface area contributed by atoms with Gasteiger partial charge in [0.15, 0.2) is 5.82 Å². The number of hydrogen-bond donors (Lipinski definition) is 2. The lowest BCUT2D eigenvalue weighted by atomic mass is 9.56. The molecule has 0 unspecified atom stereocenters. The number of urea groups is 1. The third kappa shape index (κ3) is 2.27. The first-order valence-electron chi connectivity index (χ1n) is 7.88. The SMILES string of the molecule is CO[C@@]1(C)C[C@H](NC(=O)NCc2nnc3n2CCC3)C1(C)C. The molecule has 0 spiro atoms. The van der Waals surface area contributed by atoms with Crippen molar-refractivity contribution in [3.63, 3.8) is 0 Å². The lowest BCUT2D eigenvalue weighted by Gasteiger charge is -2.59. The molecule has 2 N–H and O–H groups in total. The molecular weight excluding hydrogens is 282 g/mol. The van der Waals surface area contributed by atoms with Crippen molar-refractivity contribution in [3.8, 4) is 0 Å². The van der Waals surface area contributed by atoms with E-state index in [-0.39, 0.29) is 23.1 Å². The number of aryl methyl sites for hydroxylation is 1. The first-order chi connectivity index (χ1) is 10.4. The second-order valence-electron chi connectivity index (χ2n) is 7.03. The average Bonchev–Trinajstić information content (AvgIpc) is 3.08. The topological polar surface area (TPSA) is 81.1 Å². The fraction of sp³-hybridized carbons (Fsp3) is 0.800. The van der Waals surface area contributed by atoms with Crippen LogP contribution in [0.1, 0.15) is 45.3 Å². The molecule has 7 heteroatoms. The van der Waals surface area contributed by atoms with Crippen LogP contribution in [0.4, 0.5) is 4.79 Å². The van der Waals surface area contributed by atoms with Gasteiger partial charge in [-0.3, -0.25) is 0 Å². The van der Waals surface area contributed by atoms with Crippen molar-refractivity contribution in [2.75, 3.05) is 7.11 Å². The van der Waals surface area contributed by atoms with Crippen molar-refractivity contribution in [2.24, 2.45) is 5.41 Å². The molecule has 1 fully saturated rings. The maximum atomic E-state index is 12.1. The molecule has 1 aliphatic carbocycles. The Morgan fingerprint density at radius 2 is 2.18 bits per heavy atom. The van der Waals surface area contributed by atoms with Crippen LogP contribution in [-0.2, 0) is 24.2 Å². The molecule has 2 atom stereocenters. The lowest BCUT2D eigenvalue weighted by molar-refractivity contribution is -0.177. The minimum atomic E-state index is -0.182. The van der Waals surface area contributed by atoms with E-state index in [9.17, 15) is 4.79 Å². The molecule has 1 saturated carbocycles. The fourth-order valence-electron chi connectivity index (χ4n) is 3.43. The number of fused-ring (bicyclic) bond motifs is 1. The minimum absolute atomic E-state index is 0.0881.